The van der Waals surface area contributed by atoms with Crippen LogP contribution in [0.25, 0.3) is 10.8 Å². The molecule has 122 valence electrons. The first-order valence-corrected chi connectivity index (χ1v) is 8.21. The Morgan fingerprint density at radius 3 is 2.96 bits per heavy atom. The van der Waals surface area contributed by atoms with Crippen molar-refractivity contribution in [3.63, 3.8) is 0 Å². The Balaban J connectivity index is 1.36. The number of carbonyl (C=O) groups excluding carboxylic acids is 1. The number of para-hydroxylation sites is 2. The molecule has 1 aliphatic rings. The summed E-state index contributed by atoms with van der Waals surface area (Å²) in [6, 6.07) is 11.0. The molecule has 2 aromatic heterocycles. The van der Waals surface area contributed by atoms with Crippen molar-refractivity contribution in [1.82, 2.24) is 4.98 Å². The number of esters is 1. The first kappa shape index (κ1) is 14.8. The van der Waals surface area contributed by atoms with E-state index in [1.807, 2.05) is 29.6 Å². The van der Waals surface area contributed by atoms with Gasteiger partial charge in [0.2, 0.25) is 12.0 Å². The van der Waals surface area contributed by atoms with Crippen molar-refractivity contribution in [2.75, 3.05) is 6.61 Å². The van der Waals surface area contributed by atoms with Gasteiger partial charge in [-0.1, -0.05) is 18.2 Å². The van der Waals surface area contributed by atoms with Gasteiger partial charge in [-0.3, -0.25) is 0 Å². The third kappa shape index (κ3) is 2.98. The third-order valence-electron chi connectivity index (χ3n) is 3.42. The van der Waals surface area contributed by atoms with Crippen molar-refractivity contribution < 1.29 is 23.4 Å². The SMILES string of the molecule is O=C(OCc1coc(-c2cccs2)n1)[C@@H]1COc2ccccc2O1. The number of fused-ring (bicyclic) bond motifs is 1. The van der Waals surface area contributed by atoms with Crippen LogP contribution in [0, 0.1) is 0 Å². The molecule has 1 atom stereocenters. The maximum atomic E-state index is 12.1. The lowest BCUT2D eigenvalue weighted by molar-refractivity contribution is -0.156. The highest BCUT2D eigenvalue weighted by Gasteiger charge is 2.28. The van der Waals surface area contributed by atoms with Gasteiger partial charge in [0.15, 0.2) is 11.5 Å². The van der Waals surface area contributed by atoms with E-state index in [4.69, 9.17) is 18.6 Å². The van der Waals surface area contributed by atoms with Gasteiger partial charge >= 0.3 is 5.97 Å². The smallest absolute Gasteiger partial charge is 0.351 e. The molecule has 0 radical (unpaired) electrons. The summed E-state index contributed by atoms with van der Waals surface area (Å²) in [6.07, 6.45) is 0.694. The van der Waals surface area contributed by atoms with Crippen molar-refractivity contribution in [3.8, 4) is 22.3 Å². The number of ether oxygens (including phenoxy) is 3. The lowest BCUT2D eigenvalue weighted by atomic mass is 10.2. The molecular formula is C17H13NO5S. The number of aromatic nitrogens is 1. The second kappa shape index (κ2) is 6.37. The number of oxazole rings is 1. The van der Waals surface area contributed by atoms with Gasteiger partial charge in [0.1, 0.15) is 25.2 Å². The van der Waals surface area contributed by atoms with Crippen LogP contribution in [0.4, 0.5) is 0 Å². The first-order valence-electron chi connectivity index (χ1n) is 7.33. The highest BCUT2D eigenvalue weighted by molar-refractivity contribution is 7.13. The Bertz CT molecular complexity index is 842. The van der Waals surface area contributed by atoms with Crippen molar-refractivity contribution >= 4 is 17.3 Å². The van der Waals surface area contributed by atoms with Gasteiger partial charge in [0.25, 0.3) is 0 Å². The molecule has 0 saturated heterocycles. The van der Waals surface area contributed by atoms with Crippen LogP contribution < -0.4 is 9.47 Å². The van der Waals surface area contributed by atoms with Gasteiger partial charge in [-0.25, -0.2) is 9.78 Å². The summed E-state index contributed by atoms with van der Waals surface area (Å²) in [5, 5.41) is 1.94. The van der Waals surface area contributed by atoms with E-state index in [0.717, 1.165) is 4.88 Å². The van der Waals surface area contributed by atoms with Crippen LogP contribution >= 0.6 is 11.3 Å². The molecule has 24 heavy (non-hydrogen) atoms. The molecule has 3 aromatic rings. The van der Waals surface area contributed by atoms with E-state index in [1.165, 1.54) is 17.6 Å². The average Bonchev–Trinajstić information content (AvgIpc) is 3.30. The summed E-state index contributed by atoms with van der Waals surface area (Å²) in [7, 11) is 0. The molecule has 3 heterocycles. The predicted molar refractivity (Wildman–Crippen MR) is 86.0 cm³/mol. The van der Waals surface area contributed by atoms with E-state index in [-0.39, 0.29) is 13.2 Å². The largest absolute Gasteiger partial charge is 0.485 e. The maximum absolute atomic E-state index is 12.1. The lowest BCUT2D eigenvalue weighted by Crippen LogP contribution is -2.37. The Morgan fingerprint density at radius 2 is 2.12 bits per heavy atom. The highest BCUT2D eigenvalue weighted by atomic mass is 32.1. The number of thiophene rings is 1. The Labute approximate surface area is 141 Å². The zero-order valence-corrected chi connectivity index (χ0v) is 13.3. The standard InChI is InChI=1S/C17H13NO5S/c19-17(14-10-20-12-4-1-2-5-13(12)23-14)22-9-11-8-21-16(18-11)15-6-3-7-24-15/h1-8,14H,9-10H2/t14-/m0/s1. The van der Waals surface area contributed by atoms with Crippen LogP contribution in [0.5, 0.6) is 11.5 Å². The fourth-order valence-electron chi connectivity index (χ4n) is 2.26. The lowest BCUT2D eigenvalue weighted by Gasteiger charge is -2.24. The second-order valence-corrected chi connectivity index (χ2v) is 6.04. The second-order valence-electron chi connectivity index (χ2n) is 5.09. The summed E-state index contributed by atoms with van der Waals surface area (Å²) in [5.41, 5.74) is 0.545. The van der Waals surface area contributed by atoms with Crippen molar-refractivity contribution in [2.45, 2.75) is 12.7 Å². The Hall–Kier alpha value is -2.80. The maximum Gasteiger partial charge on any atom is 0.351 e. The zero-order valence-electron chi connectivity index (χ0n) is 12.5. The molecule has 0 fully saturated rings. The molecule has 0 unspecified atom stereocenters. The normalized spacial score (nSPS) is 15.9. The van der Waals surface area contributed by atoms with Crippen molar-refractivity contribution in [3.05, 3.63) is 53.7 Å². The van der Waals surface area contributed by atoms with Gasteiger partial charge in [-0.05, 0) is 23.6 Å². The predicted octanol–water partition coefficient (Wildman–Crippen LogP) is 3.29. The fourth-order valence-corrected chi connectivity index (χ4v) is 2.92. The monoisotopic (exact) mass is 343 g/mol. The van der Waals surface area contributed by atoms with Gasteiger partial charge in [-0.2, -0.15) is 0 Å². The van der Waals surface area contributed by atoms with E-state index in [2.05, 4.69) is 4.98 Å². The number of rotatable bonds is 4. The summed E-state index contributed by atoms with van der Waals surface area (Å²) in [5.74, 6) is 1.18. The molecule has 1 aliphatic heterocycles. The van der Waals surface area contributed by atoms with E-state index in [1.54, 1.807) is 12.1 Å². The van der Waals surface area contributed by atoms with Crippen LogP contribution in [0.3, 0.4) is 0 Å². The van der Waals surface area contributed by atoms with Gasteiger partial charge < -0.3 is 18.6 Å². The molecular weight excluding hydrogens is 330 g/mol. The number of nitrogens with zero attached hydrogens (tertiary/aromatic N) is 1. The average molecular weight is 343 g/mol. The topological polar surface area (TPSA) is 70.8 Å². The molecule has 0 saturated carbocycles. The fraction of sp³-hybridized carbons (Fsp3) is 0.176. The zero-order chi connectivity index (χ0) is 16.4. The highest BCUT2D eigenvalue weighted by Crippen LogP contribution is 2.31. The molecule has 4 rings (SSSR count). The van der Waals surface area contributed by atoms with Crippen LogP contribution in [-0.2, 0) is 16.1 Å². The van der Waals surface area contributed by atoms with Crippen molar-refractivity contribution in [2.24, 2.45) is 0 Å². The summed E-state index contributed by atoms with van der Waals surface area (Å²) < 4.78 is 21.7. The molecule has 0 aliphatic carbocycles. The Morgan fingerprint density at radius 1 is 1.25 bits per heavy atom. The first-order chi connectivity index (χ1) is 11.8. The van der Waals surface area contributed by atoms with E-state index < -0.39 is 12.1 Å². The molecule has 0 amide bonds. The number of benzene rings is 1. The minimum atomic E-state index is -0.788. The number of hydrogen-bond donors (Lipinski definition) is 0. The Kier molecular flexibility index (Phi) is 3.92. The van der Waals surface area contributed by atoms with Crippen LogP contribution in [-0.4, -0.2) is 23.7 Å². The van der Waals surface area contributed by atoms with Crippen LogP contribution in [0.15, 0.2) is 52.5 Å². The van der Waals surface area contributed by atoms with Crippen molar-refractivity contribution in [1.29, 1.82) is 0 Å². The molecule has 0 N–H and O–H groups in total. The number of carbonyl (C=O) groups is 1. The third-order valence-corrected chi connectivity index (χ3v) is 4.28. The van der Waals surface area contributed by atoms with Gasteiger partial charge in [0.05, 0.1) is 4.88 Å². The van der Waals surface area contributed by atoms with Gasteiger partial charge in [0, 0.05) is 0 Å². The van der Waals surface area contributed by atoms with Crippen LogP contribution in [0.1, 0.15) is 5.69 Å². The quantitative estimate of drug-likeness (QED) is 0.677. The minimum absolute atomic E-state index is 0.0230. The van der Waals surface area contributed by atoms with Gasteiger partial charge in [-0.15, -0.1) is 11.3 Å². The molecule has 0 spiro atoms. The molecule has 0 bridgehead atoms. The number of hydrogen-bond acceptors (Lipinski definition) is 7. The molecule has 6 nitrogen and oxygen atoms in total. The molecule has 7 heteroatoms. The van der Waals surface area contributed by atoms with E-state index >= 15 is 0 Å². The summed E-state index contributed by atoms with van der Waals surface area (Å²) in [4.78, 5) is 17.4. The minimum Gasteiger partial charge on any atom is -0.485 e. The summed E-state index contributed by atoms with van der Waals surface area (Å²) >= 11 is 1.53. The molecule has 1 aromatic carbocycles. The summed E-state index contributed by atoms with van der Waals surface area (Å²) in [6.45, 7) is 0.143. The van der Waals surface area contributed by atoms with Crippen LogP contribution in [0.2, 0.25) is 0 Å². The van der Waals surface area contributed by atoms with E-state index in [9.17, 15) is 4.79 Å². The van der Waals surface area contributed by atoms with E-state index in [0.29, 0.717) is 23.1 Å².